The maximum atomic E-state index is 12.1. The maximum Gasteiger partial charge on any atom is 0.306 e. The Morgan fingerprint density at radius 3 is 1.66 bits per heavy atom. The van der Waals surface area contributed by atoms with Crippen molar-refractivity contribution in [1.29, 1.82) is 0 Å². The quantitative estimate of drug-likeness (QED) is 0.165. The van der Waals surface area contributed by atoms with Crippen molar-refractivity contribution in [2.24, 2.45) is 11.3 Å². The molecule has 0 aromatic rings. The number of hydrogen-bond donors (Lipinski definition) is 0. The minimum atomic E-state index is -0.276. The maximum absolute atomic E-state index is 12.1. The van der Waals surface area contributed by atoms with Crippen molar-refractivity contribution in [2.75, 3.05) is 6.61 Å². The van der Waals surface area contributed by atoms with Crippen LogP contribution in [0.4, 0.5) is 0 Å². The van der Waals surface area contributed by atoms with E-state index in [4.69, 9.17) is 9.47 Å². The van der Waals surface area contributed by atoms with Crippen LogP contribution in [-0.2, 0) is 19.1 Å². The summed E-state index contributed by atoms with van der Waals surface area (Å²) in [5.74, 6) is 0.167. The average molecular weight is 453 g/mol. The van der Waals surface area contributed by atoms with Gasteiger partial charge in [0.2, 0.25) is 0 Å². The minimum Gasteiger partial charge on any atom is -0.466 e. The molecule has 4 heteroatoms. The number of rotatable bonds is 17. The molecular weight excluding hydrogens is 400 g/mol. The fourth-order valence-electron chi connectivity index (χ4n) is 4.70. The van der Waals surface area contributed by atoms with E-state index in [0.29, 0.717) is 17.9 Å². The molecular formula is C28H52O4. The van der Waals surface area contributed by atoms with Gasteiger partial charge in [0.15, 0.2) is 0 Å². The lowest BCUT2D eigenvalue weighted by Crippen LogP contribution is -2.30. The zero-order valence-corrected chi connectivity index (χ0v) is 21.7. The second-order valence-corrected chi connectivity index (χ2v) is 10.9. The highest BCUT2D eigenvalue weighted by molar-refractivity contribution is 5.77. The first-order valence-electron chi connectivity index (χ1n) is 13.7. The van der Waals surface area contributed by atoms with Gasteiger partial charge in [0, 0.05) is 0 Å². The first-order chi connectivity index (χ1) is 15.3. The molecule has 0 aromatic heterocycles. The normalized spacial score (nSPS) is 19.0. The number of unbranched alkanes of at least 4 members (excludes halogenated alkanes) is 11. The van der Waals surface area contributed by atoms with Crippen molar-refractivity contribution in [1.82, 2.24) is 0 Å². The van der Waals surface area contributed by atoms with E-state index in [1.807, 2.05) is 0 Å². The van der Waals surface area contributed by atoms with Crippen molar-refractivity contribution < 1.29 is 19.1 Å². The predicted molar refractivity (Wildman–Crippen MR) is 133 cm³/mol. The molecule has 4 nitrogen and oxygen atoms in total. The summed E-state index contributed by atoms with van der Waals surface area (Å²) in [4.78, 5) is 23.9. The summed E-state index contributed by atoms with van der Waals surface area (Å²) in [5.41, 5.74) is 0.326. The van der Waals surface area contributed by atoms with Gasteiger partial charge in [-0.05, 0) is 43.4 Å². The Morgan fingerprint density at radius 2 is 1.16 bits per heavy atom. The lowest BCUT2D eigenvalue weighted by molar-refractivity contribution is -0.155. The van der Waals surface area contributed by atoms with E-state index in [1.165, 1.54) is 64.2 Å². The van der Waals surface area contributed by atoms with Crippen LogP contribution in [0.3, 0.4) is 0 Å². The van der Waals surface area contributed by atoms with Gasteiger partial charge in [-0.1, -0.05) is 98.3 Å². The molecule has 0 bridgehead atoms. The molecule has 0 amide bonds. The van der Waals surface area contributed by atoms with Crippen LogP contribution in [0.2, 0.25) is 0 Å². The third-order valence-corrected chi connectivity index (χ3v) is 6.99. The molecule has 1 aliphatic rings. The average Bonchev–Trinajstić information content (AvgIpc) is 2.75. The molecule has 1 aliphatic carbocycles. The fourth-order valence-corrected chi connectivity index (χ4v) is 4.70. The molecule has 0 atom stereocenters. The van der Waals surface area contributed by atoms with Crippen LogP contribution in [-0.4, -0.2) is 24.6 Å². The van der Waals surface area contributed by atoms with Gasteiger partial charge in [0.25, 0.3) is 0 Å². The Labute approximate surface area is 198 Å². The molecule has 188 valence electrons. The number of ether oxygens (including phenoxy) is 2. The number of carbonyl (C=O) groups excluding carboxylic acids is 2. The van der Waals surface area contributed by atoms with Crippen LogP contribution in [0.1, 0.15) is 143 Å². The van der Waals surface area contributed by atoms with Crippen LogP contribution in [0.15, 0.2) is 0 Å². The predicted octanol–water partition coefficient (Wildman–Crippen LogP) is 8.16. The largest absolute Gasteiger partial charge is 0.466 e. The van der Waals surface area contributed by atoms with Crippen molar-refractivity contribution >= 4 is 11.9 Å². The first-order valence-corrected chi connectivity index (χ1v) is 13.7. The molecule has 0 radical (unpaired) electrons. The van der Waals surface area contributed by atoms with Gasteiger partial charge in [0.1, 0.15) is 6.10 Å². The van der Waals surface area contributed by atoms with Gasteiger partial charge in [-0.25, -0.2) is 0 Å². The zero-order valence-electron chi connectivity index (χ0n) is 21.7. The highest BCUT2D eigenvalue weighted by Gasteiger charge is 2.31. The fraction of sp³-hybridized carbons (Fsp3) is 0.929. The van der Waals surface area contributed by atoms with Gasteiger partial charge in [-0.3, -0.25) is 9.59 Å². The molecule has 32 heavy (non-hydrogen) atoms. The molecule has 0 saturated heterocycles. The third-order valence-electron chi connectivity index (χ3n) is 6.99. The lowest BCUT2D eigenvalue weighted by atomic mass is 9.72. The molecule has 0 aromatic carbocycles. The summed E-state index contributed by atoms with van der Waals surface area (Å²) in [5, 5.41) is 0. The summed E-state index contributed by atoms with van der Waals surface area (Å²) < 4.78 is 10.9. The molecule has 0 aliphatic heterocycles. The summed E-state index contributed by atoms with van der Waals surface area (Å²) in [6, 6.07) is 0. The summed E-state index contributed by atoms with van der Waals surface area (Å²) in [6.07, 6.45) is 19.9. The highest BCUT2D eigenvalue weighted by atomic mass is 16.5. The monoisotopic (exact) mass is 452 g/mol. The van der Waals surface area contributed by atoms with Crippen molar-refractivity contribution in [2.45, 2.75) is 149 Å². The van der Waals surface area contributed by atoms with E-state index < -0.39 is 0 Å². The zero-order chi connectivity index (χ0) is 23.7. The minimum absolute atomic E-state index is 0.0261. The molecule has 0 spiro atoms. The number of esters is 2. The Hall–Kier alpha value is -1.06. The molecule has 0 unspecified atom stereocenters. The lowest BCUT2D eigenvalue weighted by Gasteiger charge is -2.36. The number of hydrogen-bond acceptors (Lipinski definition) is 4. The Bertz CT molecular complexity index is 486. The van der Waals surface area contributed by atoms with Crippen LogP contribution < -0.4 is 0 Å². The van der Waals surface area contributed by atoms with Gasteiger partial charge >= 0.3 is 11.9 Å². The van der Waals surface area contributed by atoms with Gasteiger partial charge < -0.3 is 9.47 Å². The van der Waals surface area contributed by atoms with E-state index in [1.54, 1.807) is 0 Å². The van der Waals surface area contributed by atoms with E-state index in [0.717, 1.165) is 38.5 Å². The molecule has 0 heterocycles. The summed E-state index contributed by atoms with van der Waals surface area (Å²) in [6.45, 7) is 9.59. The summed E-state index contributed by atoms with van der Waals surface area (Å²) in [7, 11) is 0. The van der Waals surface area contributed by atoms with Gasteiger partial charge in [-0.2, -0.15) is 0 Å². The van der Waals surface area contributed by atoms with Crippen LogP contribution >= 0.6 is 0 Å². The first kappa shape index (κ1) is 29.0. The van der Waals surface area contributed by atoms with E-state index in [9.17, 15) is 9.59 Å². The Morgan fingerprint density at radius 1 is 0.688 bits per heavy atom. The SMILES string of the molecule is CCCCCCCCCCCCCCOC(=O)CCC(=O)OC1CCC(C(C)(C)C)CC1. The molecule has 1 rings (SSSR count). The third kappa shape index (κ3) is 14.9. The van der Waals surface area contributed by atoms with E-state index in [-0.39, 0.29) is 30.9 Å². The molecule has 1 saturated carbocycles. The van der Waals surface area contributed by atoms with E-state index in [2.05, 4.69) is 27.7 Å². The Balaban J connectivity index is 1.91. The standard InChI is InChI=1S/C28H52O4/c1-5-6-7-8-9-10-11-12-13-14-15-16-23-31-26(29)21-22-27(30)32-25-19-17-24(18-20-25)28(2,3)4/h24-25H,5-23H2,1-4H3. The van der Waals surface area contributed by atoms with Crippen molar-refractivity contribution in [3.8, 4) is 0 Å². The van der Waals surface area contributed by atoms with Crippen molar-refractivity contribution in [3.63, 3.8) is 0 Å². The second-order valence-electron chi connectivity index (χ2n) is 10.9. The van der Waals surface area contributed by atoms with Crippen LogP contribution in [0, 0.1) is 11.3 Å². The second kappa shape index (κ2) is 17.4. The molecule has 0 N–H and O–H groups in total. The smallest absolute Gasteiger partial charge is 0.306 e. The van der Waals surface area contributed by atoms with Crippen LogP contribution in [0.5, 0.6) is 0 Å². The Kier molecular flexibility index (Phi) is 15.8. The number of carbonyl (C=O) groups is 2. The topological polar surface area (TPSA) is 52.6 Å². The summed E-state index contributed by atoms with van der Waals surface area (Å²) >= 11 is 0. The van der Waals surface area contributed by atoms with Gasteiger partial charge in [0.05, 0.1) is 19.4 Å². The highest BCUT2D eigenvalue weighted by Crippen LogP contribution is 2.38. The van der Waals surface area contributed by atoms with Gasteiger partial charge in [-0.15, -0.1) is 0 Å². The van der Waals surface area contributed by atoms with E-state index >= 15 is 0 Å². The molecule has 1 fully saturated rings. The van der Waals surface area contributed by atoms with Crippen molar-refractivity contribution in [3.05, 3.63) is 0 Å². The van der Waals surface area contributed by atoms with Crippen LogP contribution in [0.25, 0.3) is 0 Å².